The lowest BCUT2D eigenvalue weighted by molar-refractivity contribution is -0.125. The zero-order chi connectivity index (χ0) is 13.2. The molecule has 2 unspecified atom stereocenters. The molecule has 106 valence electrons. The predicted molar refractivity (Wildman–Crippen MR) is 76.3 cm³/mol. The number of rotatable bonds is 9. The summed E-state index contributed by atoms with van der Waals surface area (Å²) in [6.45, 7) is 3.74. The van der Waals surface area contributed by atoms with Crippen LogP contribution < -0.4 is 11.1 Å². The molecular weight excluding hydrogens is 224 g/mol. The fourth-order valence-electron chi connectivity index (χ4n) is 2.91. The van der Waals surface area contributed by atoms with Gasteiger partial charge in [0.25, 0.3) is 0 Å². The molecule has 18 heavy (non-hydrogen) atoms. The van der Waals surface area contributed by atoms with E-state index < -0.39 is 0 Å². The number of hydrogen-bond acceptors (Lipinski definition) is 2. The van der Waals surface area contributed by atoms with Gasteiger partial charge in [0.15, 0.2) is 0 Å². The normalized spacial score (nSPS) is 23.2. The first-order valence-electron chi connectivity index (χ1n) is 7.77. The van der Waals surface area contributed by atoms with E-state index in [0.717, 1.165) is 32.2 Å². The van der Waals surface area contributed by atoms with Crippen LogP contribution in [-0.4, -0.2) is 19.0 Å². The van der Waals surface area contributed by atoms with Crippen molar-refractivity contribution in [2.75, 3.05) is 13.1 Å². The number of carbonyl (C=O) groups excluding carboxylic acids is 1. The van der Waals surface area contributed by atoms with Crippen LogP contribution in [-0.2, 0) is 4.79 Å². The summed E-state index contributed by atoms with van der Waals surface area (Å²) < 4.78 is 0. The maximum Gasteiger partial charge on any atom is 0.223 e. The fraction of sp³-hybridized carbons (Fsp3) is 0.933. The minimum atomic E-state index is 0.190. The van der Waals surface area contributed by atoms with Crippen molar-refractivity contribution in [3.8, 4) is 0 Å². The van der Waals surface area contributed by atoms with Gasteiger partial charge in [-0.1, -0.05) is 45.4 Å². The lowest BCUT2D eigenvalue weighted by Crippen LogP contribution is -2.35. The lowest BCUT2D eigenvalue weighted by Gasteiger charge is -2.17. The summed E-state index contributed by atoms with van der Waals surface area (Å²) in [6, 6.07) is 0. The molecule has 2 atom stereocenters. The summed E-state index contributed by atoms with van der Waals surface area (Å²) in [4.78, 5) is 12.0. The molecule has 0 aliphatic heterocycles. The highest BCUT2D eigenvalue weighted by Crippen LogP contribution is 2.30. The SMILES string of the molecule is CCCCCCCCNC(=O)C1CCCC1CN. The van der Waals surface area contributed by atoms with E-state index >= 15 is 0 Å². The van der Waals surface area contributed by atoms with E-state index in [-0.39, 0.29) is 11.8 Å². The monoisotopic (exact) mass is 254 g/mol. The van der Waals surface area contributed by atoms with E-state index in [2.05, 4.69) is 12.2 Å². The van der Waals surface area contributed by atoms with Crippen LogP contribution in [0.1, 0.15) is 64.7 Å². The summed E-state index contributed by atoms with van der Waals surface area (Å²) >= 11 is 0. The van der Waals surface area contributed by atoms with E-state index in [9.17, 15) is 4.79 Å². The quantitative estimate of drug-likeness (QED) is 0.622. The molecule has 1 aliphatic carbocycles. The molecule has 1 aliphatic rings. The van der Waals surface area contributed by atoms with Gasteiger partial charge in [0.1, 0.15) is 0 Å². The second-order valence-electron chi connectivity index (χ2n) is 5.59. The Morgan fingerprint density at radius 2 is 1.89 bits per heavy atom. The molecular formula is C15H30N2O. The first-order chi connectivity index (χ1) is 8.79. The van der Waals surface area contributed by atoms with Crippen molar-refractivity contribution in [1.29, 1.82) is 0 Å². The van der Waals surface area contributed by atoms with Crippen LogP contribution in [0.2, 0.25) is 0 Å². The van der Waals surface area contributed by atoms with Crippen LogP contribution in [0.15, 0.2) is 0 Å². The zero-order valence-electron chi connectivity index (χ0n) is 11.9. The first-order valence-corrected chi connectivity index (χ1v) is 7.77. The third-order valence-corrected chi connectivity index (χ3v) is 4.13. The van der Waals surface area contributed by atoms with Crippen molar-refractivity contribution in [1.82, 2.24) is 5.32 Å². The summed E-state index contributed by atoms with van der Waals surface area (Å²) in [7, 11) is 0. The van der Waals surface area contributed by atoms with E-state index in [1.54, 1.807) is 0 Å². The van der Waals surface area contributed by atoms with Gasteiger partial charge in [-0.2, -0.15) is 0 Å². The average molecular weight is 254 g/mol. The summed E-state index contributed by atoms with van der Waals surface area (Å²) in [6.07, 6.45) is 11.0. The van der Waals surface area contributed by atoms with E-state index in [0.29, 0.717) is 12.5 Å². The molecule has 0 heterocycles. The van der Waals surface area contributed by atoms with Gasteiger partial charge in [-0.3, -0.25) is 4.79 Å². The van der Waals surface area contributed by atoms with Gasteiger partial charge in [0.05, 0.1) is 0 Å². The highest BCUT2D eigenvalue weighted by molar-refractivity contribution is 5.79. The Bertz CT molecular complexity index is 231. The molecule has 1 fully saturated rings. The fourth-order valence-corrected chi connectivity index (χ4v) is 2.91. The first kappa shape index (κ1) is 15.5. The molecule has 1 amide bonds. The molecule has 0 bridgehead atoms. The Kier molecular flexibility index (Phi) is 8.06. The Morgan fingerprint density at radius 1 is 1.17 bits per heavy atom. The van der Waals surface area contributed by atoms with Crippen molar-refractivity contribution < 1.29 is 4.79 Å². The predicted octanol–water partition coefficient (Wildman–Crippen LogP) is 2.84. The second kappa shape index (κ2) is 9.37. The van der Waals surface area contributed by atoms with Crippen LogP contribution in [0.4, 0.5) is 0 Å². The summed E-state index contributed by atoms with van der Waals surface area (Å²) in [5, 5.41) is 3.09. The topological polar surface area (TPSA) is 55.1 Å². The van der Waals surface area contributed by atoms with Crippen molar-refractivity contribution in [2.45, 2.75) is 64.7 Å². The number of nitrogens with one attached hydrogen (secondary N) is 1. The largest absolute Gasteiger partial charge is 0.356 e. The van der Waals surface area contributed by atoms with Gasteiger partial charge >= 0.3 is 0 Å². The Hall–Kier alpha value is -0.570. The molecule has 0 aromatic heterocycles. The smallest absolute Gasteiger partial charge is 0.223 e. The maximum atomic E-state index is 12.0. The van der Waals surface area contributed by atoms with Gasteiger partial charge in [-0.05, 0) is 31.7 Å². The standard InChI is InChI=1S/C15H30N2O/c1-2-3-4-5-6-7-11-17-15(18)14-10-8-9-13(14)12-16/h13-14H,2-12,16H2,1H3,(H,17,18). The molecule has 0 radical (unpaired) electrons. The Labute approximate surface area is 112 Å². The Balaban J connectivity index is 2.03. The van der Waals surface area contributed by atoms with Gasteiger partial charge in [-0.25, -0.2) is 0 Å². The third-order valence-electron chi connectivity index (χ3n) is 4.13. The molecule has 0 spiro atoms. The molecule has 3 N–H and O–H groups in total. The number of nitrogens with two attached hydrogens (primary N) is 1. The van der Waals surface area contributed by atoms with E-state index in [1.165, 1.54) is 32.1 Å². The minimum absolute atomic E-state index is 0.190. The molecule has 1 rings (SSSR count). The number of unbranched alkanes of at least 4 members (excludes halogenated alkanes) is 5. The summed E-state index contributed by atoms with van der Waals surface area (Å²) in [5.74, 6) is 0.862. The van der Waals surface area contributed by atoms with Crippen molar-refractivity contribution in [3.63, 3.8) is 0 Å². The molecule has 1 saturated carbocycles. The van der Waals surface area contributed by atoms with Crippen molar-refractivity contribution in [2.24, 2.45) is 17.6 Å². The van der Waals surface area contributed by atoms with E-state index in [1.807, 2.05) is 0 Å². The summed E-state index contributed by atoms with van der Waals surface area (Å²) in [5.41, 5.74) is 5.70. The third kappa shape index (κ3) is 5.38. The van der Waals surface area contributed by atoms with Crippen LogP contribution in [0.25, 0.3) is 0 Å². The van der Waals surface area contributed by atoms with Gasteiger partial charge in [0.2, 0.25) is 5.91 Å². The number of carbonyl (C=O) groups is 1. The average Bonchev–Trinajstić information content (AvgIpc) is 2.85. The van der Waals surface area contributed by atoms with Crippen molar-refractivity contribution >= 4 is 5.91 Å². The van der Waals surface area contributed by atoms with Gasteiger partial charge in [0, 0.05) is 12.5 Å². The molecule has 0 aromatic carbocycles. The molecule has 0 aromatic rings. The van der Waals surface area contributed by atoms with Gasteiger partial charge < -0.3 is 11.1 Å². The van der Waals surface area contributed by atoms with Crippen LogP contribution in [0.5, 0.6) is 0 Å². The molecule has 0 saturated heterocycles. The second-order valence-corrected chi connectivity index (χ2v) is 5.59. The highest BCUT2D eigenvalue weighted by atomic mass is 16.1. The zero-order valence-corrected chi connectivity index (χ0v) is 11.9. The van der Waals surface area contributed by atoms with Crippen molar-refractivity contribution in [3.05, 3.63) is 0 Å². The van der Waals surface area contributed by atoms with Crippen LogP contribution >= 0.6 is 0 Å². The van der Waals surface area contributed by atoms with Crippen LogP contribution in [0, 0.1) is 11.8 Å². The highest BCUT2D eigenvalue weighted by Gasteiger charge is 2.31. The minimum Gasteiger partial charge on any atom is -0.356 e. The number of hydrogen-bond donors (Lipinski definition) is 2. The van der Waals surface area contributed by atoms with E-state index in [4.69, 9.17) is 5.73 Å². The Morgan fingerprint density at radius 3 is 2.61 bits per heavy atom. The molecule has 3 nitrogen and oxygen atoms in total. The van der Waals surface area contributed by atoms with Gasteiger partial charge in [-0.15, -0.1) is 0 Å². The maximum absolute atomic E-state index is 12.0. The lowest BCUT2D eigenvalue weighted by atomic mass is 9.95. The molecule has 3 heteroatoms. The van der Waals surface area contributed by atoms with Crippen LogP contribution in [0.3, 0.4) is 0 Å². The number of amides is 1.